The highest BCUT2D eigenvalue weighted by Crippen LogP contribution is 2.24. The number of nitrogens with two attached hydrogens (primary N) is 2. The highest BCUT2D eigenvalue weighted by atomic mass is 32.2. The number of anilines is 1. The van der Waals surface area contributed by atoms with Crippen molar-refractivity contribution in [3.63, 3.8) is 0 Å². The van der Waals surface area contributed by atoms with Gasteiger partial charge in [-0.15, -0.1) is 0 Å². The van der Waals surface area contributed by atoms with E-state index >= 15 is 0 Å². The van der Waals surface area contributed by atoms with E-state index in [9.17, 15) is 8.42 Å². The molecule has 1 aromatic carbocycles. The van der Waals surface area contributed by atoms with Crippen molar-refractivity contribution in [1.82, 2.24) is 0 Å². The van der Waals surface area contributed by atoms with E-state index in [1.165, 1.54) is 0 Å². The molecule has 0 aliphatic heterocycles. The average Bonchev–Trinajstić information content (AvgIpc) is 1.95. The summed E-state index contributed by atoms with van der Waals surface area (Å²) in [5, 5.41) is 5.02. The Hall–Kier alpha value is -1.07. The zero-order valence-corrected chi connectivity index (χ0v) is 8.35. The predicted octanol–water partition coefficient (Wildman–Crippen LogP) is 0.533. The zero-order chi connectivity index (χ0) is 10.2. The van der Waals surface area contributed by atoms with Gasteiger partial charge >= 0.3 is 0 Å². The minimum absolute atomic E-state index is 0.0347. The molecule has 0 heterocycles. The van der Waals surface area contributed by atoms with Crippen LogP contribution in [0.25, 0.3) is 0 Å². The fourth-order valence-corrected chi connectivity index (χ4v) is 2.17. The molecule has 0 unspecified atom stereocenters. The van der Waals surface area contributed by atoms with Crippen LogP contribution in [0.15, 0.2) is 17.0 Å². The Morgan fingerprint density at radius 1 is 1.15 bits per heavy atom. The first-order chi connectivity index (χ1) is 5.84. The van der Waals surface area contributed by atoms with E-state index in [4.69, 9.17) is 10.9 Å². The summed E-state index contributed by atoms with van der Waals surface area (Å²) >= 11 is 0. The van der Waals surface area contributed by atoms with Gasteiger partial charge in [-0.05, 0) is 25.0 Å². The van der Waals surface area contributed by atoms with Crippen LogP contribution in [0.4, 0.5) is 5.69 Å². The molecular formula is C8H12N2O2S. The van der Waals surface area contributed by atoms with Crippen molar-refractivity contribution in [3.05, 3.63) is 23.3 Å². The van der Waals surface area contributed by atoms with Gasteiger partial charge in [-0.25, -0.2) is 13.6 Å². The molecule has 0 aliphatic rings. The molecule has 1 aromatic rings. The number of nitrogen functional groups attached to an aromatic ring is 1. The summed E-state index contributed by atoms with van der Waals surface area (Å²) < 4.78 is 22.2. The van der Waals surface area contributed by atoms with Crippen LogP contribution in [0.5, 0.6) is 0 Å². The summed E-state index contributed by atoms with van der Waals surface area (Å²) in [5.41, 5.74) is 7.14. The summed E-state index contributed by atoms with van der Waals surface area (Å²) in [6.45, 7) is 3.40. The van der Waals surface area contributed by atoms with Gasteiger partial charge in [0.2, 0.25) is 10.0 Å². The minimum Gasteiger partial charge on any atom is -0.397 e. The molecule has 0 saturated heterocycles. The Labute approximate surface area is 77.6 Å². The molecule has 13 heavy (non-hydrogen) atoms. The van der Waals surface area contributed by atoms with Crippen LogP contribution >= 0.6 is 0 Å². The van der Waals surface area contributed by atoms with Gasteiger partial charge in [-0.2, -0.15) is 0 Å². The largest absolute Gasteiger partial charge is 0.397 e. The quantitative estimate of drug-likeness (QED) is 0.648. The lowest BCUT2D eigenvalue weighted by Crippen LogP contribution is -2.16. The summed E-state index contributed by atoms with van der Waals surface area (Å²) in [5.74, 6) is 0. The predicted molar refractivity (Wildman–Crippen MR) is 51.7 cm³/mol. The van der Waals surface area contributed by atoms with Gasteiger partial charge in [0.15, 0.2) is 0 Å². The van der Waals surface area contributed by atoms with Gasteiger partial charge in [0.05, 0.1) is 5.69 Å². The molecule has 5 heteroatoms. The Morgan fingerprint density at radius 2 is 1.62 bits per heavy atom. The second kappa shape index (κ2) is 3.01. The van der Waals surface area contributed by atoms with E-state index in [1.807, 2.05) is 0 Å². The highest BCUT2D eigenvalue weighted by Gasteiger charge is 2.16. The van der Waals surface area contributed by atoms with Crippen LogP contribution in [0.2, 0.25) is 0 Å². The first-order valence-electron chi connectivity index (χ1n) is 3.72. The molecule has 0 saturated carbocycles. The van der Waals surface area contributed by atoms with Crippen molar-refractivity contribution in [2.75, 3.05) is 5.73 Å². The standard InChI is InChI=1S/C8H12N2O2S/c1-5-3-4-6(2)8(7(5)9)13(10,11)12/h3-4H,9H2,1-2H3,(H2,10,11,12). The Kier molecular flexibility index (Phi) is 2.32. The number of aryl methyl sites for hydroxylation is 2. The summed E-state index contributed by atoms with van der Waals surface area (Å²) in [6.07, 6.45) is 0. The fraction of sp³-hybridized carbons (Fsp3) is 0.250. The average molecular weight is 200 g/mol. The van der Waals surface area contributed by atoms with Gasteiger partial charge in [0.1, 0.15) is 4.90 Å². The number of rotatable bonds is 1. The molecule has 0 aliphatic carbocycles. The van der Waals surface area contributed by atoms with Gasteiger partial charge in [-0.1, -0.05) is 12.1 Å². The van der Waals surface area contributed by atoms with E-state index in [0.717, 1.165) is 5.56 Å². The SMILES string of the molecule is Cc1ccc(C)c(S(N)(=O)=O)c1N. The Morgan fingerprint density at radius 3 is 2.00 bits per heavy atom. The van der Waals surface area contributed by atoms with Crippen molar-refractivity contribution < 1.29 is 8.42 Å². The summed E-state index contributed by atoms with van der Waals surface area (Å²) in [4.78, 5) is 0.0347. The van der Waals surface area contributed by atoms with Crippen molar-refractivity contribution in [2.24, 2.45) is 5.14 Å². The lowest BCUT2D eigenvalue weighted by molar-refractivity contribution is 0.597. The molecule has 0 spiro atoms. The summed E-state index contributed by atoms with van der Waals surface area (Å²) in [6, 6.07) is 3.45. The van der Waals surface area contributed by atoms with E-state index < -0.39 is 10.0 Å². The third-order valence-electron chi connectivity index (χ3n) is 1.90. The molecular weight excluding hydrogens is 188 g/mol. The van der Waals surface area contributed by atoms with Crippen LogP contribution in [0.1, 0.15) is 11.1 Å². The summed E-state index contributed by atoms with van der Waals surface area (Å²) in [7, 11) is -3.71. The second-order valence-corrected chi connectivity index (χ2v) is 4.49. The highest BCUT2D eigenvalue weighted by molar-refractivity contribution is 7.89. The number of hydrogen-bond donors (Lipinski definition) is 2. The van der Waals surface area contributed by atoms with Crippen molar-refractivity contribution in [1.29, 1.82) is 0 Å². The first kappa shape index (κ1) is 10.0. The van der Waals surface area contributed by atoms with Gasteiger partial charge in [0, 0.05) is 0 Å². The van der Waals surface area contributed by atoms with Gasteiger partial charge in [0.25, 0.3) is 0 Å². The first-order valence-corrected chi connectivity index (χ1v) is 5.27. The third kappa shape index (κ3) is 1.81. The van der Waals surface area contributed by atoms with Crippen LogP contribution in [-0.2, 0) is 10.0 Å². The topological polar surface area (TPSA) is 86.2 Å². The monoisotopic (exact) mass is 200 g/mol. The molecule has 0 amide bonds. The van der Waals surface area contributed by atoms with E-state index in [1.54, 1.807) is 26.0 Å². The molecule has 0 radical (unpaired) electrons. The molecule has 0 bridgehead atoms. The van der Waals surface area contributed by atoms with Crippen LogP contribution in [-0.4, -0.2) is 8.42 Å². The number of benzene rings is 1. The molecule has 0 fully saturated rings. The van der Waals surface area contributed by atoms with Crippen molar-refractivity contribution in [2.45, 2.75) is 18.7 Å². The molecule has 4 nitrogen and oxygen atoms in total. The Bertz CT molecular complexity index is 438. The molecule has 1 rings (SSSR count). The second-order valence-electron chi connectivity index (χ2n) is 2.99. The van der Waals surface area contributed by atoms with Crippen LogP contribution < -0.4 is 10.9 Å². The normalized spacial score (nSPS) is 11.6. The number of primary sulfonamides is 1. The van der Waals surface area contributed by atoms with Gasteiger partial charge < -0.3 is 5.73 Å². The fourth-order valence-electron chi connectivity index (χ4n) is 1.18. The zero-order valence-electron chi connectivity index (χ0n) is 7.53. The maximum absolute atomic E-state index is 11.1. The maximum Gasteiger partial charge on any atom is 0.240 e. The number of hydrogen-bond acceptors (Lipinski definition) is 3. The molecule has 0 aromatic heterocycles. The van der Waals surface area contributed by atoms with Crippen LogP contribution in [0.3, 0.4) is 0 Å². The van der Waals surface area contributed by atoms with Crippen molar-refractivity contribution in [3.8, 4) is 0 Å². The van der Waals surface area contributed by atoms with Crippen LogP contribution in [0, 0.1) is 13.8 Å². The van der Waals surface area contributed by atoms with E-state index in [-0.39, 0.29) is 10.6 Å². The molecule has 72 valence electrons. The lowest BCUT2D eigenvalue weighted by Gasteiger charge is -2.08. The van der Waals surface area contributed by atoms with Gasteiger partial charge in [-0.3, -0.25) is 0 Å². The third-order valence-corrected chi connectivity index (χ3v) is 3.01. The van der Waals surface area contributed by atoms with E-state index in [2.05, 4.69) is 0 Å². The Balaban J connectivity index is 3.62. The molecule has 0 atom stereocenters. The van der Waals surface area contributed by atoms with E-state index in [0.29, 0.717) is 5.56 Å². The van der Waals surface area contributed by atoms with Crippen molar-refractivity contribution >= 4 is 15.7 Å². The lowest BCUT2D eigenvalue weighted by atomic mass is 10.1. The number of sulfonamides is 1. The molecule has 4 N–H and O–H groups in total. The maximum atomic E-state index is 11.1. The smallest absolute Gasteiger partial charge is 0.240 e. The minimum atomic E-state index is -3.71.